The smallest absolute Gasteiger partial charge is 0.357 e. The number of halogens is 1. The van der Waals surface area contributed by atoms with E-state index in [0.29, 0.717) is 5.69 Å². The molecule has 1 aromatic carbocycles. The summed E-state index contributed by atoms with van der Waals surface area (Å²) in [6.07, 6.45) is 1.00. The lowest BCUT2D eigenvalue weighted by molar-refractivity contribution is 0.0690. The fraction of sp³-hybridized carbons (Fsp3) is 0. The lowest BCUT2D eigenvalue weighted by Crippen LogP contribution is -1.97. The summed E-state index contributed by atoms with van der Waals surface area (Å²) in [4.78, 5) is 14.1. The molecule has 0 aliphatic heterocycles. The zero-order valence-electron chi connectivity index (χ0n) is 7.98. The van der Waals surface area contributed by atoms with E-state index in [4.69, 9.17) is 9.52 Å². The first-order valence-corrected chi connectivity index (χ1v) is 4.36. The molecule has 16 heavy (non-hydrogen) atoms. The van der Waals surface area contributed by atoms with Crippen molar-refractivity contribution in [2.75, 3.05) is 5.32 Å². The molecule has 2 aromatic rings. The molecule has 5 nitrogen and oxygen atoms in total. The van der Waals surface area contributed by atoms with Crippen molar-refractivity contribution in [2.24, 2.45) is 0 Å². The van der Waals surface area contributed by atoms with Gasteiger partial charge in [0.2, 0.25) is 0 Å². The number of rotatable bonds is 3. The molecule has 1 heterocycles. The van der Waals surface area contributed by atoms with Gasteiger partial charge >= 0.3 is 5.97 Å². The van der Waals surface area contributed by atoms with Crippen LogP contribution in [0.1, 0.15) is 10.5 Å². The predicted octanol–water partition coefficient (Wildman–Crippen LogP) is 2.26. The van der Waals surface area contributed by atoms with Gasteiger partial charge in [-0.1, -0.05) is 6.07 Å². The molecule has 0 fully saturated rings. The third-order valence-corrected chi connectivity index (χ3v) is 1.80. The van der Waals surface area contributed by atoms with Crippen molar-refractivity contribution in [1.82, 2.24) is 4.98 Å². The van der Waals surface area contributed by atoms with Crippen molar-refractivity contribution >= 4 is 17.7 Å². The summed E-state index contributed by atoms with van der Waals surface area (Å²) < 4.78 is 17.7. The van der Waals surface area contributed by atoms with Gasteiger partial charge in [0, 0.05) is 5.69 Å². The number of carboxylic acids is 1. The minimum absolute atomic E-state index is 0.00278. The number of benzene rings is 1. The van der Waals surface area contributed by atoms with Crippen molar-refractivity contribution < 1.29 is 18.7 Å². The third-order valence-electron chi connectivity index (χ3n) is 1.80. The van der Waals surface area contributed by atoms with Gasteiger partial charge in [0.1, 0.15) is 12.1 Å². The van der Waals surface area contributed by atoms with Crippen molar-refractivity contribution in [3.63, 3.8) is 0 Å². The van der Waals surface area contributed by atoms with E-state index in [2.05, 4.69) is 10.3 Å². The Labute approximate surface area is 89.5 Å². The zero-order valence-corrected chi connectivity index (χ0v) is 7.98. The van der Waals surface area contributed by atoms with Gasteiger partial charge in [-0.2, -0.15) is 4.98 Å². The Kier molecular flexibility index (Phi) is 2.55. The number of anilines is 2. The molecule has 0 saturated heterocycles. The van der Waals surface area contributed by atoms with Crippen LogP contribution in [0, 0.1) is 5.82 Å². The average molecular weight is 222 g/mol. The first-order valence-electron chi connectivity index (χ1n) is 4.36. The van der Waals surface area contributed by atoms with Gasteiger partial charge in [0.25, 0.3) is 6.01 Å². The minimum atomic E-state index is -1.18. The van der Waals surface area contributed by atoms with Gasteiger partial charge in [-0.3, -0.25) is 0 Å². The summed E-state index contributed by atoms with van der Waals surface area (Å²) in [5, 5.41) is 11.2. The van der Waals surface area contributed by atoms with Crippen LogP contribution in [0.15, 0.2) is 34.9 Å². The van der Waals surface area contributed by atoms with Crippen LogP contribution < -0.4 is 5.32 Å². The molecular weight excluding hydrogens is 215 g/mol. The summed E-state index contributed by atoms with van der Waals surface area (Å²) >= 11 is 0. The normalized spacial score (nSPS) is 10.1. The molecule has 0 aliphatic rings. The summed E-state index contributed by atoms with van der Waals surface area (Å²) in [5.41, 5.74) is 0.220. The van der Waals surface area contributed by atoms with Crippen molar-refractivity contribution in [1.29, 1.82) is 0 Å². The maximum absolute atomic E-state index is 12.8. The van der Waals surface area contributed by atoms with E-state index in [1.165, 1.54) is 18.2 Å². The molecule has 2 N–H and O–H groups in total. The van der Waals surface area contributed by atoms with Crippen molar-refractivity contribution in [2.45, 2.75) is 0 Å². The Morgan fingerprint density at radius 2 is 2.31 bits per heavy atom. The number of oxazole rings is 1. The fourth-order valence-corrected chi connectivity index (χ4v) is 1.12. The van der Waals surface area contributed by atoms with Crippen LogP contribution in [-0.2, 0) is 0 Å². The number of hydrogen-bond acceptors (Lipinski definition) is 4. The van der Waals surface area contributed by atoms with Gasteiger partial charge in [-0.05, 0) is 18.2 Å². The molecule has 0 spiro atoms. The molecule has 0 amide bonds. The number of aromatic nitrogens is 1. The predicted molar refractivity (Wildman–Crippen MR) is 53.1 cm³/mol. The lowest BCUT2D eigenvalue weighted by atomic mass is 10.3. The minimum Gasteiger partial charge on any atom is -0.476 e. The maximum atomic E-state index is 12.8. The van der Waals surface area contributed by atoms with E-state index >= 15 is 0 Å². The van der Waals surface area contributed by atoms with Crippen LogP contribution in [0.2, 0.25) is 0 Å². The molecule has 0 atom stereocenters. The van der Waals surface area contributed by atoms with Crippen LogP contribution in [0.4, 0.5) is 16.1 Å². The van der Waals surface area contributed by atoms with Crippen LogP contribution in [0.3, 0.4) is 0 Å². The largest absolute Gasteiger partial charge is 0.476 e. The first-order chi connectivity index (χ1) is 7.65. The highest BCUT2D eigenvalue weighted by molar-refractivity contribution is 5.85. The molecule has 2 rings (SSSR count). The summed E-state index contributed by atoms with van der Waals surface area (Å²) in [7, 11) is 0. The number of carboxylic acid groups (broad SMARTS) is 1. The second-order valence-electron chi connectivity index (χ2n) is 2.98. The molecule has 0 unspecified atom stereocenters. The van der Waals surface area contributed by atoms with Crippen LogP contribution >= 0.6 is 0 Å². The number of aromatic carboxylic acids is 1. The van der Waals surface area contributed by atoms with E-state index in [1.807, 2.05) is 0 Å². The molecule has 0 aliphatic carbocycles. The molecule has 0 bridgehead atoms. The molecule has 1 aromatic heterocycles. The topological polar surface area (TPSA) is 75.4 Å². The average Bonchev–Trinajstić information content (AvgIpc) is 2.66. The van der Waals surface area contributed by atoms with E-state index in [0.717, 1.165) is 6.26 Å². The van der Waals surface area contributed by atoms with E-state index in [1.54, 1.807) is 6.07 Å². The van der Waals surface area contributed by atoms with Crippen molar-refractivity contribution in [3.8, 4) is 0 Å². The zero-order chi connectivity index (χ0) is 11.5. The quantitative estimate of drug-likeness (QED) is 0.832. The maximum Gasteiger partial charge on any atom is 0.357 e. The Morgan fingerprint density at radius 1 is 1.50 bits per heavy atom. The van der Waals surface area contributed by atoms with Gasteiger partial charge in [-0.15, -0.1) is 0 Å². The Balaban J connectivity index is 2.17. The SMILES string of the molecule is O=C(O)c1coc(Nc2cccc(F)c2)n1. The summed E-state index contributed by atoms with van der Waals surface area (Å²) in [6.45, 7) is 0. The molecule has 0 saturated carbocycles. The highest BCUT2D eigenvalue weighted by Crippen LogP contribution is 2.16. The van der Waals surface area contributed by atoms with E-state index in [9.17, 15) is 9.18 Å². The van der Waals surface area contributed by atoms with E-state index in [-0.39, 0.29) is 11.7 Å². The highest BCUT2D eigenvalue weighted by Gasteiger charge is 2.10. The summed E-state index contributed by atoms with van der Waals surface area (Å²) in [6, 6.07) is 5.66. The monoisotopic (exact) mass is 222 g/mol. The fourth-order valence-electron chi connectivity index (χ4n) is 1.12. The number of carbonyl (C=O) groups is 1. The highest BCUT2D eigenvalue weighted by atomic mass is 19.1. The van der Waals surface area contributed by atoms with Crippen LogP contribution in [0.5, 0.6) is 0 Å². The number of hydrogen-bond donors (Lipinski definition) is 2. The van der Waals surface area contributed by atoms with Gasteiger partial charge in [0.05, 0.1) is 0 Å². The van der Waals surface area contributed by atoms with Crippen LogP contribution in [-0.4, -0.2) is 16.1 Å². The Bertz CT molecular complexity index is 524. The molecule has 0 radical (unpaired) electrons. The Hall–Kier alpha value is -2.37. The second kappa shape index (κ2) is 4.01. The molecular formula is C10H7FN2O3. The summed E-state index contributed by atoms with van der Waals surface area (Å²) in [5.74, 6) is -1.59. The van der Waals surface area contributed by atoms with Gasteiger partial charge < -0.3 is 14.8 Å². The first kappa shape index (κ1) is 10.2. The Morgan fingerprint density at radius 3 is 2.94 bits per heavy atom. The number of nitrogens with one attached hydrogen (secondary N) is 1. The van der Waals surface area contributed by atoms with Gasteiger partial charge in [-0.25, -0.2) is 9.18 Å². The van der Waals surface area contributed by atoms with Crippen LogP contribution in [0.25, 0.3) is 0 Å². The molecule has 82 valence electrons. The molecule has 6 heteroatoms. The van der Waals surface area contributed by atoms with E-state index < -0.39 is 11.8 Å². The van der Waals surface area contributed by atoms with Gasteiger partial charge in [0.15, 0.2) is 5.69 Å². The second-order valence-corrected chi connectivity index (χ2v) is 2.98. The third kappa shape index (κ3) is 2.17. The number of nitrogens with zero attached hydrogens (tertiary/aromatic N) is 1. The lowest BCUT2D eigenvalue weighted by Gasteiger charge is -2.00. The standard InChI is InChI=1S/C10H7FN2O3/c11-6-2-1-3-7(4-6)12-10-13-8(5-16-10)9(14)15/h1-5H,(H,12,13)(H,14,15). The van der Waals surface area contributed by atoms with Crippen molar-refractivity contribution in [3.05, 3.63) is 42.0 Å².